The maximum Gasteiger partial charge on any atom is 0.253 e. The molecule has 0 bridgehead atoms. The van der Waals surface area contributed by atoms with Crippen LogP contribution < -0.4 is 0 Å². The standard InChI is InChI=1S/C19H25N3O2/c23-19(17-1-2-18-16(13-17)3-6-20-18)22-10-8-21(9-11-22)7-4-15-5-12-24-14-15/h1-3,6,13,15,20H,4-5,7-12,14H2. The highest BCUT2D eigenvalue weighted by molar-refractivity contribution is 5.98. The zero-order valence-corrected chi connectivity index (χ0v) is 14.0. The average molecular weight is 327 g/mol. The summed E-state index contributed by atoms with van der Waals surface area (Å²) in [6.45, 7) is 6.59. The highest BCUT2D eigenvalue weighted by Gasteiger charge is 2.23. The van der Waals surface area contributed by atoms with Crippen LogP contribution in [0.1, 0.15) is 23.2 Å². The Morgan fingerprint density at radius 3 is 2.88 bits per heavy atom. The number of aromatic nitrogens is 1. The fourth-order valence-electron chi connectivity index (χ4n) is 3.72. The Bertz CT molecular complexity index is 697. The number of rotatable bonds is 4. The largest absolute Gasteiger partial charge is 0.381 e. The van der Waals surface area contributed by atoms with Gasteiger partial charge in [-0.05, 0) is 49.6 Å². The predicted molar refractivity (Wildman–Crippen MR) is 94.2 cm³/mol. The third-order valence-electron chi connectivity index (χ3n) is 5.34. The van der Waals surface area contributed by atoms with Crippen LogP contribution in [0.5, 0.6) is 0 Å². The molecule has 128 valence electrons. The van der Waals surface area contributed by atoms with Gasteiger partial charge < -0.3 is 14.6 Å². The SMILES string of the molecule is O=C(c1ccc2[nH]ccc2c1)N1CCN(CCC2CCOC2)CC1. The van der Waals surface area contributed by atoms with E-state index in [9.17, 15) is 4.79 Å². The fourth-order valence-corrected chi connectivity index (χ4v) is 3.72. The van der Waals surface area contributed by atoms with Crippen LogP contribution >= 0.6 is 0 Å². The molecule has 1 amide bonds. The molecule has 2 fully saturated rings. The van der Waals surface area contributed by atoms with Gasteiger partial charge in [-0.15, -0.1) is 0 Å². The number of carbonyl (C=O) groups is 1. The van der Waals surface area contributed by atoms with E-state index in [1.165, 1.54) is 12.8 Å². The Morgan fingerprint density at radius 1 is 1.21 bits per heavy atom. The van der Waals surface area contributed by atoms with Crippen molar-refractivity contribution in [1.82, 2.24) is 14.8 Å². The van der Waals surface area contributed by atoms with Gasteiger partial charge in [0, 0.05) is 62.1 Å². The second-order valence-electron chi connectivity index (χ2n) is 6.93. The topological polar surface area (TPSA) is 48.6 Å². The Morgan fingerprint density at radius 2 is 2.08 bits per heavy atom. The molecule has 1 N–H and O–H groups in total. The fraction of sp³-hybridized carbons (Fsp3) is 0.526. The maximum atomic E-state index is 12.7. The van der Waals surface area contributed by atoms with E-state index in [1.54, 1.807) is 0 Å². The van der Waals surface area contributed by atoms with E-state index in [-0.39, 0.29) is 5.91 Å². The molecule has 1 aromatic carbocycles. The second-order valence-corrected chi connectivity index (χ2v) is 6.93. The zero-order chi connectivity index (χ0) is 16.4. The molecule has 0 aliphatic carbocycles. The van der Waals surface area contributed by atoms with Gasteiger partial charge in [0.2, 0.25) is 0 Å². The first-order valence-corrected chi connectivity index (χ1v) is 8.96. The molecule has 2 aliphatic rings. The molecule has 3 heterocycles. The number of ether oxygens (including phenoxy) is 1. The lowest BCUT2D eigenvalue weighted by Gasteiger charge is -2.35. The summed E-state index contributed by atoms with van der Waals surface area (Å²) >= 11 is 0. The van der Waals surface area contributed by atoms with Crippen molar-refractivity contribution in [2.75, 3.05) is 45.9 Å². The van der Waals surface area contributed by atoms with E-state index in [1.807, 2.05) is 35.4 Å². The van der Waals surface area contributed by atoms with E-state index in [2.05, 4.69) is 9.88 Å². The lowest BCUT2D eigenvalue weighted by atomic mass is 10.0. The number of hydrogen-bond donors (Lipinski definition) is 1. The van der Waals surface area contributed by atoms with E-state index in [0.29, 0.717) is 0 Å². The van der Waals surface area contributed by atoms with Crippen LogP contribution in [0.3, 0.4) is 0 Å². The van der Waals surface area contributed by atoms with Crippen LogP contribution in [0.2, 0.25) is 0 Å². The van der Waals surface area contributed by atoms with Gasteiger partial charge in [0.1, 0.15) is 0 Å². The summed E-state index contributed by atoms with van der Waals surface area (Å²) in [6.07, 6.45) is 4.34. The Kier molecular flexibility index (Phi) is 4.54. The molecule has 1 unspecified atom stereocenters. The molecule has 24 heavy (non-hydrogen) atoms. The molecule has 0 saturated carbocycles. The number of carbonyl (C=O) groups excluding carboxylic acids is 1. The summed E-state index contributed by atoms with van der Waals surface area (Å²) in [6, 6.07) is 7.91. The summed E-state index contributed by atoms with van der Waals surface area (Å²) in [5, 5.41) is 1.10. The van der Waals surface area contributed by atoms with Crippen LogP contribution in [-0.2, 0) is 4.74 Å². The average Bonchev–Trinajstić information content (AvgIpc) is 3.30. The predicted octanol–water partition coefficient (Wildman–Crippen LogP) is 2.35. The van der Waals surface area contributed by atoms with Crippen molar-refractivity contribution in [3.63, 3.8) is 0 Å². The Balaban J connectivity index is 1.30. The molecule has 5 nitrogen and oxygen atoms in total. The molecule has 5 heteroatoms. The van der Waals surface area contributed by atoms with Crippen molar-refractivity contribution in [2.45, 2.75) is 12.8 Å². The first kappa shape index (κ1) is 15.7. The summed E-state index contributed by atoms with van der Waals surface area (Å²) in [7, 11) is 0. The van der Waals surface area contributed by atoms with Crippen LogP contribution in [-0.4, -0.2) is 66.6 Å². The van der Waals surface area contributed by atoms with Crippen LogP contribution in [0, 0.1) is 5.92 Å². The number of fused-ring (bicyclic) bond motifs is 1. The van der Waals surface area contributed by atoms with Crippen LogP contribution in [0.25, 0.3) is 10.9 Å². The number of piperazine rings is 1. The minimum Gasteiger partial charge on any atom is -0.381 e. The lowest BCUT2D eigenvalue weighted by Crippen LogP contribution is -2.49. The van der Waals surface area contributed by atoms with Gasteiger partial charge in [-0.1, -0.05) is 0 Å². The van der Waals surface area contributed by atoms with Crippen LogP contribution in [0.15, 0.2) is 30.5 Å². The van der Waals surface area contributed by atoms with Crippen molar-refractivity contribution < 1.29 is 9.53 Å². The van der Waals surface area contributed by atoms with Gasteiger partial charge in [-0.3, -0.25) is 9.69 Å². The highest BCUT2D eigenvalue weighted by Crippen LogP contribution is 2.19. The van der Waals surface area contributed by atoms with Crippen molar-refractivity contribution in [2.24, 2.45) is 5.92 Å². The molecule has 2 aliphatic heterocycles. The minimum absolute atomic E-state index is 0.155. The third-order valence-corrected chi connectivity index (χ3v) is 5.34. The second kappa shape index (κ2) is 6.95. The molecule has 0 spiro atoms. The monoisotopic (exact) mass is 327 g/mol. The molecule has 2 saturated heterocycles. The van der Waals surface area contributed by atoms with Gasteiger partial charge in [0.05, 0.1) is 0 Å². The van der Waals surface area contributed by atoms with Crippen molar-refractivity contribution in [3.05, 3.63) is 36.0 Å². The Hall–Kier alpha value is -1.85. The smallest absolute Gasteiger partial charge is 0.253 e. The number of nitrogens with zero attached hydrogens (tertiary/aromatic N) is 2. The number of aromatic amines is 1. The number of nitrogens with one attached hydrogen (secondary N) is 1. The zero-order valence-electron chi connectivity index (χ0n) is 14.0. The molecule has 4 rings (SSSR count). The number of benzene rings is 1. The quantitative estimate of drug-likeness (QED) is 0.938. The first-order valence-electron chi connectivity index (χ1n) is 8.96. The normalized spacial score (nSPS) is 22.3. The molecular formula is C19H25N3O2. The number of hydrogen-bond acceptors (Lipinski definition) is 3. The minimum atomic E-state index is 0.155. The van der Waals surface area contributed by atoms with E-state index < -0.39 is 0 Å². The number of amides is 1. The van der Waals surface area contributed by atoms with Gasteiger partial charge >= 0.3 is 0 Å². The Labute approximate surface area is 142 Å². The summed E-state index contributed by atoms with van der Waals surface area (Å²) in [4.78, 5) is 20.4. The van der Waals surface area contributed by atoms with E-state index in [4.69, 9.17) is 4.74 Å². The number of H-pyrrole nitrogens is 1. The van der Waals surface area contributed by atoms with Gasteiger partial charge in [-0.2, -0.15) is 0 Å². The maximum absolute atomic E-state index is 12.7. The van der Waals surface area contributed by atoms with Crippen molar-refractivity contribution in [1.29, 1.82) is 0 Å². The molecule has 1 aromatic heterocycles. The van der Waals surface area contributed by atoms with E-state index in [0.717, 1.165) is 68.3 Å². The first-order chi connectivity index (χ1) is 11.8. The van der Waals surface area contributed by atoms with E-state index >= 15 is 0 Å². The van der Waals surface area contributed by atoms with Gasteiger partial charge in [0.25, 0.3) is 5.91 Å². The highest BCUT2D eigenvalue weighted by atomic mass is 16.5. The third kappa shape index (κ3) is 3.32. The molecule has 0 radical (unpaired) electrons. The van der Waals surface area contributed by atoms with Crippen molar-refractivity contribution >= 4 is 16.8 Å². The summed E-state index contributed by atoms with van der Waals surface area (Å²) in [5.74, 6) is 0.889. The molecular weight excluding hydrogens is 302 g/mol. The summed E-state index contributed by atoms with van der Waals surface area (Å²) < 4.78 is 5.45. The lowest BCUT2D eigenvalue weighted by molar-refractivity contribution is 0.0629. The molecule has 1 atom stereocenters. The van der Waals surface area contributed by atoms with Gasteiger partial charge in [0.15, 0.2) is 0 Å². The summed E-state index contributed by atoms with van der Waals surface area (Å²) in [5.41, 5.74) is 1.87. The van der Waals surface area contributed by atoms with Crippen LogP contribution in [0.4, 0.5) is 0 Å². The van der Waals surface area contributed by atoms with Crippen molar-refractivity contribution in [3.8, 4) is 0 Å². The van der Waals surface area contributed by atoms with Gasteiger partial charge in [-0.25, -0.2) is 0 Å². The molecule has 2 aromatic rings.